The lowest BCUT2D eigenvalue weighted by Gasteiger charge is -2.06. The Balaban J connectivity index is 2.14. The smallest absolute Gasteiger partial charge is 0.338 e. The number of hydrogen-bond acceptors (Lipinski definition) is 3. The Morgan fingerprint density at radius 1 is 1.33 bits per heavy atom. The molecule has 0 aliphatic carbocycles. The molecule has 0 aliphatic heterocycles. The highest BCUT2D eigenvalue weighted by Crippen LogP contribution is 2.05. The fourth-order valence-electron chi connectivity index (χ4n) is 1.49. The van der Waals surface area contributed by atoms with Gasteiger partial charge in [0.25, 0.3) is 0 Å². The summed E-state index contributed by atoms with van der Waals surface area (Å²) < 4.78 is 17.9. The fourth-order valence-corrected chi connectivity index (χ4v) is 1.49. The Labute approximate surface area is 107 Å². The summed E-state index contributed by atoms with van der Waals surface area (Å²) in [6, 6.07) is 5.53. The number of unbranched alkanes of at least 4 members (excludes halogenated alkanes) is 1. The van der Waals surface area contributed by atoms with E-state index in [1.165, 1.54) is 24.6 Å². The van der Waals surface area contributed by atoms with Crippen molar-refractivity contribution in [1.82, 2.24) is 5.32 Å². The van der Waals surface area contributed by atoms with Crippen molar-refractivity contribution in [2.24, 2.45) is 0 Å². The number of nitrogens with one attached hydrogen (secondary N) is 1. The number of esters is 1. The van der Waals surface area contributed by atoms with Gasteiger partial charge < -0.3 is 10.1 Å². The first kappa shape index (κ1) is 14.6. The Morgan fingerprint density at radius 3 is 2.83 bits per heavy atom. The molecule has 100 valence electrons. The van der Waals surface area contributed by atoms with E-state index in [-0.39, 0.29) is 5.56 Å². The minimum atomic E-state index is -0.469. The predicted molar refractivity (Wildman–Crippen MR) is 69.1 cm³/mol. The Kier molecular flexibility index (Phi) is 7.03. The monoisotopic (exact) mass is 253 g/mol. The van der Waals surface area contributed by atoms with Gasteiger partial charge in [0.2, 0.25) is 0 Å². The molecule has 0 saturated carbocycles. The first-order valence-electron chi connectivity index (χ1n) is 6.37. The van der Waals surface area contributed by atoms with Crippen LogP contribution in [0.1, 0.15) is 36.5 Å². The third-order valence-corrected chi connectivity index (χ3v) is 2.50. The lowest BCUT2D eigenvalue weighted by molar-refractivity contribution is 0.0500. The summed E-state index contributed by atoms with van der Waals surface area (Å²) in [7, 11) is 0. The van der Waals surface area contributed by atoms with Crippen molar-refractivity contribution in [3.63, 3.8) is 0 Å². The molecule has 1 aromatic rings. The van der Waals surface area contributed by atoms with Crippen molar-refractivity contribution in [2.75, 3.05) is 19.7 Å². The van der Waals surface area contributed by atoms with Gasteiger partial charge in [-0.05, 0) is 44.1 Å². The predicted octanol–water partition coefficient (Wildman–Crippen LogP) is 2.76. The van der Waals surface area contributed by atoms with Gasteiger partial charge in [0.15, 0.2) is 0 Å². The van der Waals surface area contributed by atoms with Crippen LogP contribution in [0, 0.1) is 5.82 Å². The molecule has 3 nitrogen and oxygen atoms in total. The largest absolute Gasteiger partial charge is 0.462 e. The number of carbonyl (C=O) groups excluding carboxylic acids is 1. The molecule has 0 fully saturated rings. The van der Waals surface area contributed by atoms with Crippen molar-refractivity contribution in [3.05, 3.63) is 35.6 Å². The van der Waals surface area contributed by atoms with Crippen LogP contribution in [0.3, 0.4) is 0 Å². The highest BCUT2D eigenvalue weighted by Gasteiger charge is 2.07. The van der Waals surface area contributed by atoms with Crippen LogP contribution in [-0.2, 0) is 4.74 Å². The average molecular weight is 253 g/mol. The zero-order valence-electron chi connectivity index (χ0n) is 10.7. The van der Waals surface area contributed by atoms with Crippen molar-refractivity contribution in [1.29, 1.82) is 0 Å². The van der Waals surface area contributed by atoms with Crippen molar-refractivity contribution >= 4 is 5.97 Å². The topological polar surface area (TPSA) is 38.3 Å². The fraction of sp³-hybridized carbons (Fsp3) is 0.500. The number of hydrogen-bond donors (Lipinski definition) is 1. The summed E-state index contributed by atoms with van der Waals surface area (Å²) in [6.45, 7) is 4.32. The number of benzene rings is 1. The summed E-state index contributed by atoms with van der Waals surface area (Å²) in [5.74, 6) is -0.895. The van der Waals surface area contributed by atoms with Crippen molar-refractivity contribution < 1.29 is 13.9 Å². The summed E-state index contributed by atoms with van der Waals surface area (Å²) in [4.78, 5) is 11.5. The van der Waals surface area contributed by atoms with Crippen LogP contribution in [0.15, 0.2) is 24.3 Å². The summed E-state index contributed by atoms with van der Waals surface area (Å²) in [5.41, 5.74) is 0.258. The van der Waals surface area contributed by atoms with Crippen LogP contribution in [0.2, 0.25) is 0 Å². The third-order valence-electron chi connectivity index (χ3n) is 2.50. The minimum Gasteiger partial charge on any atom is -0.462 e. The number of carbonyl (C=O) groups is 1. The van der Waals surface area contributed by atoms with Crippen LogP contribution in [0.25, 0.3) is 0 Å². The van der Waals surface area contributed by atoms with E-state index in [2.05, 4.69) is 12.2 Å². The maximum atomic E-state index is 12.9. The molecule has 0 aromatic heterocycles. The second-order valence-corrected chi connectivity index (χ2v) is 4.10. The Hall–Kier alpha value is -1.42. The molecule has 0 saturated heterocycles. The van der Waals surface area contributed by atoms with Gasteiger partial charge in [-0.1, -0.05) is 19.4 Å². The lowest BCUT2D eigenvalue weighted by atomic mass is 10.2. The second kappa shape index (κ2) is 8.64. The van der Waals surface area contributed by atoms with Crippen molar-refractivity contribution in [3.8, 4) is 0 Å². The van der Waals surface area contributed by atoms with Crippen LogP contribution in [-0.4, -0.2) is 25.7 Å². The molecule has 0 heterocycles. The minimum absolute atomic E-state index is 0.258. The molecular weight excluding hydrogens is 233 g/mol. The van der Waals surface area contributed by atoms with Gasteiger partial charge in [0, 0.05) is 0 Å². The molecule has 18 heavy (non-hydrogen) atoms. The van der Waals surface area contributed by atoms with Crippen LogP contribution in [0.5, 0.6) is 0 Å². The van der Waals surface area contributed by atoms with Crippen LogP contribution < -0.4 is 5.32 Å². The number of ether oxygens (including phenoxy) is 1. The quantitative estimate of drug-likeness (QED) is 0.572. The first-order chi connectivity index (χ1) is 8.74. The molecular formula is C14H20FNO2. The molecule has 0 spiro atoms. The summed E-state index contributed by atoms with van der Waals surface area (Å²) >= 11 is 0. The second-order valence-electron chi connectivity index (χ2n) is 4.10. The van der Waals surface area contributed by atoms with Gasteiger partial charge in [-0.2, -0.15) is 0 Å². The zero-order valence-corrected chi connectivity index (χ0v) is 10.7. The number of halogens is 1. The number of rotatable bonds is 8. The zero-order chi connectivity index (χ0) is 13.2. The standard InChI is InChI=1S/C14H20FNO2/c1-2-3-8-16-9-5-10-18-14(17)12-6-4-7-13(15)11-12/h4,6-7,11,16H,2-3,5,8-10H2,1H3. The van der Waals surface area contributed by atoms with E-state index >= 15 is 0 Å². The van der Waals surface area contributed by atoms with E-state index in [9.17, 15) is 9.18 Å². The molecule has 0 unspecified atom stereocenters. The molecule has 1 N–H and O–H groups in total. The van der Waals surface area contributed by atoms with E-state index in [1.54, 1.807) is 6.07 Å². The van der Waals surface area contributed by atoms with Crippen molar-refractivity contribution in [2.45, 2.75) is 26.2 Å². The van der Waals surface area contributed by atoms with Crippen LogP contribution >= 0.6 is 0 Å². The van der Waals surface area contributed by atoms with Gasteiger partial charge in [-0.15, -0.1) is 0 Å². The molecule has 4 heteroatoms. The molecule has 0 amide bonds. The SMILES string of the molecule is CCCCNCCCOC(=O)c1cccc(F)c1. The maximum absolute atomic E-state index is 12.9. The average Bonchev–Trinajstić information content (AvgIpc) is 2.37. The van der Waals surface area contributed by atoms with Gasteiger partial charge in [0.1, 0.15) is 5.82 Å². The van der Waals surface area contributed by atoms with Gasteiger partial charge >= 0.3 is 5.97 Å². The van der Waals surface area contributed by atoms with E-state index < -0.39 is 11.8 Å². The summed E-state index contributed by atoms with van der Waals surface area (Å²) in [6.07, 6.45) is 3.09. The Bertz CT molecular complexity index is 369. The van der Waals surface area contributed by atoms with E-state index in [0.717, 1.165) is 25.9 Å². The lowest BCUT2D eigenvalue weighted by Crippen LogP contribution is -2.18. The molecule has 0 radical (unpaired) electrons. The van der Waals surface area contributed by atoms with Crippen LogP contribution in [0.4, 0.5) is 4.39 Å². The normalized spacial score (nSPS) is 10.3. The van der Waals surface area contributed by atoms with Gasteiger partial charge in [-0.3, -0.25) is 0 Å². The highest BCUT2D eigenvalue weighted by atomic mass is 19.1. The molecule has 0 atom stereocenters. The van der Waals surface area contributed by atoms with E-state index in [1.807, 2.05) is 0 Å². The molecule has 1 aromatic carbocycles. The molecule has 0 aliphatic rings. The highest BCUT2D eigenvalue weighted by molar-refractivity contribution is 5.89. The van der Waals surface area contributed by atoms with Gasteiger partial charge in [-0.25, -0.2) is 9.18 Å². The first-order valence-corrected chi connectivity index (χ1v) is 6.37. The van der Waals surface area contributed by atoms with E-state index in [4.69, 9.17) is 4.74 Å². The maximum Gasteiger partial charge on any atom is 0.338 e. The Morgan fingerprint density at radius 2 is 2.11 bits per heavy atom. The third kappa shape index (κ3) is 5.77. The molecule has 0 bridgehead atoms. The summed E-state index contributed by atoms with van der Waals surface area (Å²) in [5, 5.41) is 3.26. The van der Waals surface area contributed by atoms with Gasteiger partial charge in [0.05, 0.1) is 12.2 Å². The van der Waals surface area contributed by atoms with E-state index in [0.29, 0.717) is 6.61 Å². The molecule has 1 rings (SSSR count).